The van der Waals surface area contributed by atoms with Crippen LogP contribution in [0.2, 0.25) is 0 Å². The lowest BCUT2D eigenvalue weighted by atomic mass is 9.84. The summed E-state index contributed by atoms with van der Waals surface area (Å²) in [6.45, 7) is 3.18. The second-order valence-corrected chi connectivity index (χ2v) is 7.32. The highest BCUT2D eigenvalue weighted by molar-refractivity contribution is 5.72. The van der Waals surface area contributed by atoms with Crippen LogP contribution in [0.15, 0.2) is 0 Å². The molecule has 0 bridgehead atoms. The zero-order valence-electron chi connectivity index (χ0n) is 13.4. The van der Waals surface area contributed by atoms with Crippen LogP contribution in [0.4, 0.5) is 0 Å². The maximum absolute atomic E-state index is 12.0. The first-order valence-electron chi connectivity index (χ1n) is 8.81. The molecule has 2 aliphatic carbocycles. The summed E-state index contributed by atoms with van der Waals surface area (Å²) in [6, 6.07) is 1.14. The third-order valence-corrected chi connectivity index (χ3v) is 5.63. The quantitative estimate of drug-likeness (QED) is 0.789. The Morgan fingerprint density at radius 3 is 2.48 bits per heavy atom. The molecule has 21 heavy (non-hydrogen) atoms. The molecule has 0 amide bonds. The molecule has 0 aromatic carbocycles. The van der Waals surface area contributed by atoms with E-state index in [1.165, 1.54) is 58.6 Å². The van der Waals surface area contributed by atoms with E-state index in [0.717, 1.165) is 25.4 Å². The van der Waals surface area contributed by atoms with Crippen LogP contribution in [0.5, 0.6) is 0 Å². The molecule has 2 unspecified atom stereocenters. The number of hydrogen-bond donors (Lipinski definition) is 1. The highest BCUT2D eigenvalue weighted by Gasteiger charge is 2.34. The number of methoxy groups -OCH3 is 1. The molecule has 4 heteroatoms. The molecule has 1 aliphatic heterocycles. The number of carbonyl (C=O) groups excluding carboxylic acids is 1. The summed E-state index contributed by atoms with van der Waals surface area (Å²) in [7, 11) is 1.52. The van der Waals surface area contributed by atoms with Gasteiger partial charge in [0.15, 0.2) is 0 Å². The number of hydrogen-bond acceptors (Lipinski definition) is 4. The molecule has 1 N–H and O–H groups in total. The predicted molar refractivity (Wildman–Crippen MR) is 83.1 cm³/mol. The molecule has 0 radical (unpaired) electrons. The van der Waals surface area contributed by atoms with Gasteiger partial charge in [0.1, 0.15) is 0 Å². The molecule has 2 saturated carbocycles. The van der Waals surface area contributed by atoms with Crippen LogP contribution in [-0.2, 0) is 9.53 Å². The number of ether oxygens (including phenoxy) is 1. The molecule has 3 rings (SSSR count). The molecule has 120 valence electrons. The zero-order chi connectivity index (χ0) is 14.7. The minimum Gasteiger partial charge on any atom is -0.469 e. The van der Waals surface area contributed by atoms with Crippen molar-refractivity contribution in [1.82, 2.24) is 10.2 Å². The third-order valence-electron chi connectivity index (χ3n) is 5.63. The Morgan fingerprint density at radius 2 is 1.86 bits per heavy atom. The predicted octanol–water partition coefficient (Wildman–Crippen LogP) is 2.18. The van der Waals surface area contributed by atoms with E-state index in [-0.39, 0.29) is 11.9 Å². The number of esters is 1. The van der Waals surface area contributed by atoms with Crippen LogP contribution in [0, 0.1) is 11.8 Å². The smallest absolute Gasteiger partial charge is 0.310 e. The minimum atomic E-state index is -0.0217. The maximum Gasteiger partial charge on any atom is 0.310 e. The van der Waals surface area contributed by atoms with Crippen molar-refractivity contribution in [3.05, 3.63) is 0 Å². The van der Waals surface area contributed by atoms with Gasteiger partial charge < -0.3 is 15.0 Å². The van der Waals surface area contributed by atoms with Crippen molar-refractivity contribution in [3.63, 3.8) is 0 Å². The van der Waals surface area contributed by atoms with Crippen LogP contribution >= 0.6 is 0 Å². The van der Waals surface area contributed by atoms with E-state index in [9.17, 15) is 4.79 Å². The second-order valence-electron chi connectivity index (χ2n) is 7.32. The van der Waals surface area contributed by atoms with Gasteiger partial charge in [0, 0.05) is 31.7 Å². The van der Waals surface area contributed by atoms with E-state index < -0.39 is 0 Å². The normalized spacial score (nSPS) is 32.0. The van der Waals surface area contributed by atoms with Crippen molar-refractivity contribution in [2.24, 2.45) is 11.8 Å². The number of rotatable bonds is 5. The summed E-state index contributed by atoms with van der Waals surface area (Å²) < 4.78 is 5.01. The Labute approximate surface area is 128 Å². The van der Waals surface area contributed by atoms with Crippen molar-refractivity contribution in [2.45, 2.75) is 63.5 Å². The van der Waals surface area contributed by atoms with Crippen molar-refractivity contribution >= 4 is 5.97 Å². The number of likely N-dealkylation sites (tertiary alicyclic amines) is 1. The number of nitrogens with zero attached hydrogens (tertiary/aromatic N) is 1. The Bertz CT molecular complexity index is 351. The van der Waals surface area contributed by atoms with E-state index >= 15 is 0 Å². The van der Waals surface area contributed by atoms with Gasteiger partial charge in [0.05, 0.1) is 13.0 Å². The zero-order valence-corrected chi connectivity index (χ0v) is 13.4. The highest BCUT2D eigenvalue weighted by atomic mass is 16.5. The molecule has 1 saturated heterocycles. The molecule has 0 aromatic heterocycles. The fraction of sp³-hybridized carbons (Fsp3) is 0.941. The minimum absolute atomic E-state index is 0.0217. The van der Waals surface area contributed by atoms with Gasteiger partial charge >= 0.3 is 5.97 Å². The van der Waals surface area contributed by atoms with E-state index in [4.69, 9.17) is 4.74 Å². The fourth-order valence-electron chi connectivity index (χ4n) is 4.26. The summed E-state index contributed by atoms with van der Waals surface area (Å²) in [4.78, 5) is 14.5. The lowest BCUT2D eigenvalue weighted by molar-refractivity contribution is -0.148. The lowest BCUT2D eigenvalue weighted by Crippen LogP contribution is -2.54. The van der Waals surface area contributed by atoms with Crippen LogP contribution in [0.3, 0.4) is 0 Å². The average Bonchev–Trinajstić information content (AvgIpc) is 2.94. The van der Waals surface area contributed by atoms with Crippen molar-refractivity contribution in [3.8, 4) is 0 Å². The SMILES string of the molecule is COC(=O)C1CC(NC2CCCC2)CN(CC2CCC2)C1. The molecule has 1 heterocycles. The van der Waals surface area contributed by atoms with Gasteiger partial charge in [-0.05, 0) is 38.0 Å². The van der Waals surface area contributed by atoms with E-state index in [1.807, 2.05) is 0 Å². The third kappa shape index (κ3) is 3.98. The fourth-order valence-corrected chi connectivity index (χ4v) is 4.26. The van der Waals surface area contributed by atoms with Gasteiger partial charge in [-0.25, -0.2) is 0 Å². The molecule has 3 fully saturated rings. The molecule has 0 spiro atoms. The van der Waals surface area contributed by atoms with Gasteiger partial charge in [0.25, 0.3) is 0 Å². The van der Waals surface area contributed by atoms with Crippen molar-refractivity contribution in [1.29, 1.82) is 0 Å². The first-order valence-corrected chi connectivity index (χ1v) is 8.81. The molecular formula is C17H30N2O2. The molecule has 0 aromatic rings. The molecule has 2 atom stereocenters. The largest absolute Gasteiger partial charge is 0.469 e. The van der Waals surface area contributed by atoms with Gasteiger partial charge in [-0.3, -0.25) is 4.79 Å². The van der Waals surface area contributed by atoms with Gasteiger partial charge in [-0.1, -0.05) is 19.3 Å². The molecule has 4 nitrogen and oxygen atoms in total. The van der Waals surface area contributed by atoms with Crippen molar-refractivity contribution < 1.29 is 9.53 Å². The van der Waals surface area contributed by atoms with Crippen molar-refractivity contribution in [2.75, 3.05) is 26.7 Å². The first-order chi connectivity index (χ1) is 10.2. The Balaban J connectivity index is 1.56. The summed E-state index contributed by atoms with van der Waals surface area (Å²) in [5.41, 5.74) is 0. The number of carbonyl (C=O) groups is 1. The highest BCUT2D eigenvalue weighted by Crippen LogP contribution is 2.29. The lowest BCUT2D eigenvalue weighted by Gasteiger charge is -2.41. The topological polar surface area (TPSA) is 41.6 Å². The van der Waals surface area contributed by atoms with Gasteiger partial charge in [0.2, 0.25) is 0 Å². The van der Waals surface area contributed by atoms with Crippen LogP contribution < -0.4 is 5.32 Å². The monoisotopic (exact) mass is 294 g/mol. The summed E-state index contributed by atoms with van der Waals surface area (Å²) in [6.07, 6.45) is 10.4. The standard InChI is InChI=1S/C17H30N2O2/c1-21-17(20)14-9-16(18-15-7-2-3-8-15)12-19(11-14)10-13-5-4-6-13/h13-16,18H,2-12H2,1H3. The maximum atomic E-state index is 12.0. The summed E-state index contributed by atoms with van der Waals surface area (Å²) in [5.74, 6) is 0.905. The Morgan fingerprint density at radius 1 is 1.10 bits per heavy atom. The number of piperidine rings is 1. The van der Waals surface area contributed by atoms with Gasteiger partial charge in [-0.2, -0.15) is 0 Å². The molecule has 3 aliphatic rings. The van der Waals surface area contributed by atoms with Crippen LogP contribution in [-0.4, -0.2) is 49.7 Å². The Hall–Kier alpha value is -0.610. The Kier molecular flexibility index (Phi) is 5.17. The van der Waals surface area contributed by atoms with E-state index in [2.05, 4.69) is 10.2 Å². The average molecular weight is 294 g/mol. The van der Waals surface area contributed by atoms with Crippen LogP contribution in [0.25, 0.3) is 0 Å². The van der Waals surface area contributed by atoms with Crippen LogP contribution in [0.1, 0.15) is 51.4 Å². The summed E-state index contributed by atoms with van der Waals surface area (Å²) in [5, 5.41) is 3.82. The number of nitrogens with one attached hydrogen (secondary N) is 1. The second kappa shape index (κ2) is 7.10. The van der Waals surface area contributed by atoms with E-state index in [0.29, 0.717) is 12.1 Å². The molecular weight excluding hydrogens is 264 g/mol. The first kappa shape index (κ1) is 15.3. The van der Waals surface area contributed by atoms with Gasteiger partial charge in [-0.15, -0.1) is 0 Å². The summed E-state index contributed by atoms with van der Waals surface area (Å²) >= 11 is 0. The van der Waals surface area contributed by atoms with E-state index in [1.54, 1.807) is 0 Å².